The van der Waals surface area contributed by atoms with E-state index in [0.29, 0.717) is 40.8 Å². The summed E-state index contributed by atoms with van der Waals surface area (Å²) < 4.78 is 12.0. The minimum Gasteiger partial charge on any atom is -0.491 e. The van der Waals surface area contributed by atoms with Crippen molar-refractivity contribution in [2.75, 3.05) is 13.2 Å². The van der Waals surface area contributed by atoms with Gasteiger partial charge in [0.25, 0.3) is 0 Å². The number of hydrogen-bond donors (Lipinski definition) is 2. The van der Waals surface area contributed by atoms with E-state index < -0.39 is 6.10 Å². The molecule has 4 aromatic rings. The number of ether oxygens (including phenoxy) is 1. The van der Waals surface area contributed by atoms with Gasteiger partial charge in [0, 0.05) is 29.1 Å². The molecular weight excluding hydrogens is 426 g/mol. The molecule has 0 spiro atoms. The van der Waals surface area contributed by atoms with Crippen LogP contribution in [0.5, 0.6) is 5.75 Å². The summed E-state index contributed by atoms with van der Waals surface area (Å²) in [6.45, 7) is 8.66. The Bertz CT molecular complexity index is 1280. The summed E-state index contributed by atoms with van der Waals surface area (Å²) in [7, 11) is 0. The normalized spacial score (nSPS) is 12.3. The van der Waals surface area contributed by atoms with Gasteiger partial charge >= 0.3 is 0 Å². The summed E-state index contributed by atoms with van der Waals surface area (Å²) in [4.78, 5) is 13.7. The highest BCUT2D eigenvalue weighted by atomic mass is 16.5. The molecular formula is C29H31NO4. The third kappa shape index (κ3) is 5.38. The molecule has 5 heteroatoms. The monoisotopic (exact) mass is 457 g/mol. The van der Waals surface area contributed by atoms with Crippen LogP contribution in [0.4, 0.5) is 0 Å². The summed E-state index contributed by atoms with van der Waals surface area (Å²) >= 11 is 0. The molecule has 2 N–H and O–H groups in total. The lowest BCUT2D eigenvalue weighted by Gasteiger charge is -2.15. The molecule has 3 aromatic carbocycles. The molecule has 0 saturated heterocycles. The van der Waals surface area contributed by atoms with Crippen molar-refractivity contribution in [3.8, 4) is 17.1 Å². The predicted molar refractivity (Wildman–Crippen MR) is 136 cm³/mol. The van der Waals surface area contributed by atoms with Crippen molar-refractivity contribution in [3.63, 3.8) is 0 Å². The number of rotatable bonds is 9. The van der Waals surface area contributed by atoms with Gasteiger partial charge in [-0.2, -0.15) is 0 Å². The molecule has 0 aliphatic rings. The van der Waals surface area contributed by atoms with Crippen LogP contribution in [-0.2, 0) is 0 Å². The first-order chi connectivity index (χ1) is 16.3. The van der Waals surface area contributed by atoms with E-state index in [-0.39, 0.29) is 12.4 Å². The fourth-order valence-corrected chi connectivity index (χ4v) is 4.07. The number of benzene rings is 3. The average molecular weight is 458 g/mol. The molecule has 0 radical (unpaired) electrons. The molecule has 176 valence electrons. The molecule has 0 aliphatic carbocycles. The summed E-state index contributed by atoms with van der Waals surface area (Å²) in [5.74, 6) is 1.04. The van der Waals surface area contributed by atoms with Crippen LogP contribution < -0.4 is 10.1 Å². The van der Waals surface area contributed by atoms with Crippen LogP contribution in [0.1, 0.15) is 40.9 Å². The van der Waals surface area contributed by atoms with Gasteiger partial charge in [0.15, 0.2) is 5.78 Å². The zero-order chi connectivity index (χ0) is 24.2. The smallest absolute Gasteiger partial charge is 0.197 e. The van der Waals surface area contributed by atoms with Crippen LogP contribution in [0.3, 0.4) is 0 Å². The number of aliphatic hydroxyl groups excluding tert-OH is 1. The van der Waals surface area contributed by atoms with Crippen molar-refractivity contribution >= 4 is 16.8 Å². The van der Waals surface area contributed by atoms with Crippen molar-refractivity contribution in [1.29, 1.82) is 0 Å². The van der Waals surface area contributed by atoms with Crippen molar-refractivity contribution in [2.24, 2.45) is 0 Å². The van der Waals surface area contributed by atoms with Gasteiger partial charge in [-0.1, -0.05) is 61.4 Å². The molecule has 0 bridgehead atoms. The van der Waals surface area contributed by atoms with E-state index >= 15 is 0 Å². The minimum atomic E-state index is -0.626. The molecule has 1 atom stereocenters. The lowest BCUT2D eigenvalue weighted by molar-refractivity contribution is 0.104. The lowest BCUT2D eigenvalue weighted by Crippen LogP contribution is -2.35. The van der Waals surface area contributed by atoms with Crippen LogP contribution in [-0.4, -0.2) is 36.2 Å². The largest absolute Gasteiger partial charge is 0.491 e. The Morgan fingerprint density at radius 1 is 1.00 bits per heavy atom. The Morgan fingerprint density at radius 2 is 1.74 bits per heavy atom. The third-order valence-corrected chi connectivity index (χ3v) is 5.61. The van der Waals surface area contributed by atoms with Gasteiger partial charge < -0.3 is 19.6 Å². The molecule has 5 nitrogen and oxygen atoms in total. The molecule has 0 saturated carbocycles. The van der Waals surface area contributed by atoms with Crippen LogP contribution in [0.15, 0.2) is 71.1 Å². The Balaban J connectivity index is 1.69. The number of aliphatic hydroxyl groups is 1. The van der Waals surface area contributed by atoms with Crippen LogP contribution >= 0.6 is 0 Å². The van der Waals surface area contributed by atoms with Gasteiger partial charge in [0.1, 0.15) is 29.8 Å². The van der Waals surface area contributed by atoms with Crippen molar-refractivity contribution in [1.82, 2.24) is 5.32 Å². The molecule has 1 heterocycles. The first-order valence-corrected chi connectivity index (χ1v) is 11.6. The highest BCUT2D eigenvalue weighted by molar-refractivity contribution is 6.19. The van der Waals surface area contributed by atoms with Crippen LogP contribution in [0.25, 0.3) is 22.3 Å². The van der Waals surface area contributed by atoms with E-state index in [9.17, 15) is 9.90 Å². The number of furan rings is 1. The van der Waals surface area contributed by atoms with Gasteiger partial charge in [-0.15, -0.1) is 0 Å². The standard InChI is InChI=1S/C29H31NO4/c1-18(2)30-16-23(31)17-33-24-9-7-8-21(15-24)29-27(25-10-5-6-11-26(25)34-29)28(32)22-13-19(3)12-20(4)14-22/h5-15,18,23,30-31H,16-17H2,1-4H3. The quantitative estimate of drug-likeness (QED) is 0.316. The number of hydrogen-bond acceptors (Lipinski definition) is 5. The molecule has 1 unspecified atom stereocenters. The molecule has 4 rings (SSSR count). The number of carbonyl (C=O) groups is 1. The van der Waals surface area contributed by atoms with E-state index in [4.69, 9.17) is 9.15 Å². The number of para-hydroxylation sites is 1. The number of carbonyl (C=O) groups excluding carboxylic acids is 1. The topological polar surface area (TPSA) is 71.7 Å². The molecule has 1 aromatic heterocycles. The first-order valence-electron chi connectivity index (χ1n) is 11.6. The van der Waals surface area contributed by atoms with Crippen molar-refractivity contribution in [2.45, 2.75) is 39.8 Å². The van der Waals surface area contributed by atoms with Gasteiger partial charge in [0.2, 0.25) is 0 Å². The Kier molecular flexibility index (Phi) is 7.15. The summed E-state index contributed by atoms with van der Waals surface area (Å²) in [5.41, 5.74) is 4.66. The predicted octanol–water partition coefficient (Wildman–Crippen LogP) is 5.69. The molecule has 0 fully saturated rings. The summed E-state index contributed by atoms with van der Waals surface area (Å²) in [5, 5.41) is 14.2. The minimum absolute atomic E-state index is 0.0757. The van der Waals surface area contributed by atoms with Crippen LogP contribution in [0, 0.1) is 13.8 Å². The van der Waals surface area contributed by atoms with Gasteiger partial charge in [-0.05, 0) is 44.2 Å². The average Bonchev–Trinajstić information content (AvgIpc) is 3.20. The Hall–Kier alpha value is -3.41. The Morgan fingerprint density at radius 3 is 2.47 bits per heavy atom. The van der Waals surface area contributed by atoms with E-state index in [0.717, 1.165) is 22.1 Å². The van der Waals surface area contributed by atoms with Gasteiger partial charge in [-0.25, -0.2) is 0 Å². The Labute approximate surface area is 200 Å². The summed E-state index contributed by atoms with van der Waals surface area (Å²) in [6, 6.07) is 21.2. The van der Waals surface area contributed by atoms with Crippen LogP contribution in [0.2, 0.25) is 0 Å². The number of aryl methyl sites for hydroxylation is 2. The second kappa shape index (κ2) is 10.2. The fraction of sp³-hybridized carbons (Fsp3) is 0.276. The van der Waals surface area contributed by atoms with E-state index in [1.807, 2.05) is 88.4 Å². The first kappa shape index (κ1) is 23.7. The number of nitrogens with one attached hydrogen (secondary N) is 1. The maximum absolute atomic E-state index is 13.7. The third-order valence-electron chi connectivity index (χ3n) is 5.61. The maximum atomic E-state index is 13.7. The molecule has 0 aliphatic heterocycles. The second-order valence-electron chi connectivity index (χ2n) is 9.06. The van der Waals surface area contributed by atoms with Crippen molar-refractivity contribution in [3.05, 3.63) is 89.0 Å². The fourth-order valence-electron chi connectivity index (χ4n) is 4.07. The van der Waals surface area contributed by atoms with E-state index in [1.54, 1.807) is 0 Å². The lowest BCUT2D eigenvalue weighted by atomic mass is 9.95. The zero-order valence-electron chi connectivity index (χ0n) is 20.1. The van der Waals surface area contributed by atoms with E-state index in [1.165, 1.54) is 0 Å². The van der Waals surface area contributed by atoms with Crippen molar-refractivity contribution < 1.29 is 19.1 Å². The van der Waals surface area contributed by atoms with Gasteiger partial charge in [-0.3, -0.25) is 4.79 Å². The number of ketones is 1. The highest BCUT2D eigenvalue weighted by Crippen LogP contribution is 2.36. The molecule has 0 amide bonds. The number of fused-ring (bicyclic) bond motifs is 1. The second-order valence-corrected chi connectivity index (χ2v) is 9.06. The van der Waals surface area contributed by atoms with Gasteiger partial charge in [0.05, 0.1) is 5.56 Å². The zero-order valence-corrected chi connectivity index (χ0v) is 20.1. The van der Waals surface area contributed by atoms with E-state index in [2.05, 4.69) is 11.4 Å². The molecule has 34 heavy (non-hydrogen) atoms. The highest BCUT2D eigenvalue weighted by Gasteiger charge is 2.23. The maximum Gasteiger partial charge on any atom is 0.197 e. The SMILES string of the molecule is Cc1cc(C)cc(C(=O)c2c(-c3cccc(OCC(O)CNC(C)C)c3)oc3ccccc23)c1. The summed E-state index contributed by atoms with van der Waals surface area (Å²) in [6.07, 6.45) is -0.626.